The normalized spacial score (nSPS) is 24.7. The number of rotatable bonds is 3. The molecule has 0 unspecified atom stereocenters. The Morgan fingerprint density at radius 1 is 1.17 bits per heavy atom. The third kappa shape index (κ3) is 2.39. The molecule has 5 rings (SSSR count). The van der Waals surface area contributed by atoms with Crippen molar-refractivity contribution in [1.82, 2.24) is 4.98 Å². The van der Waals surface area contributed by atoms with Crippen molar-refractivity contribution >= 4 is 10.9 Å². The Balaban J connectivity index is 1.88. The van der Waals surface area contributed by atoms with Crippen LogP contribution in [-0.4, -0.2) is 30.4 Å². The highest BCUT2D eigenvalue weighted by atomic mass is 19.1. The molecule has 1 fully saturated rings. The lowest BCUT2D eigenvalue weighted by Gasteiger charge is -2.41. The average Bonchev–Trinajstić information content (AvgIpc) is 3.19. The number of fused-ring (bicyclic) bond motifs is 6. The van der Waals surface area contributed by atoms with Crippen LogP contribution in [0.3, 0.4) is 0 Å². The van der Waals surface area contributed by atoms with Crippen molar-refractivity contribution < 1.29 is 23.7 Å². The molecule has 0 aliphatic carbocycles. The number of methoxy groups -OCH3 is 2. The molecule has 0 spiro atoms. The highest BCUT2D eigenvalue weighted by Gasteiger charge is 2.53. The summed E-state index contributed by atoms with van der Waals surface area (Å²) in [6.45, 7) is 1.78. The molecule has 0 amide bonds. The number of halogens is 1. The Morgan fingerprint density at radius 3 is 2.67 bits per heavy atom. The second-order valence-electron chi connectivity index (χ2n) is 7.86. The van der Waals surface area contributed by atoms with E-state index in [-0.39, 0.29) is 23.0 Å². The molecule has 0 saturated carbocycles. The molecule has 1 saturated heterocycles. The summed E-state index contributed by atoms with van der Waals surface area (Å²) in [4.78, 5) is 16.5. The maximum atomic E-state index is 13.8. The highest BCUT2D eigenvalue weighted by molar-refractivity contribution is 5.86. The van der Waals surface area contributed by atoms with Gasteiger partial charge in [0.05, 0.1) is 43.0 Å². The van der Waals surface area contributed by atoms with Crippen LogP contribution in [0.5, 0.6) is 11.5 Å². The summed E-state index contributed by atoms with van der Waals surface area (Å²) in [5.74, 6) is 0.00225. The largest absolute Gasteiger partial charge is 0.496 e. The second-order valence-corrected chi connectivity index (χ2v) is 7.86. The van der Waals surface area contributed by atoms with Crippen molar-refractivity contribution in [3.05, 3.63) is 68.8 Å². The van der Waals surface area contributed by atoms with Crippen molar-refractivity contribution in [2.45, 2.75) is 37.6 Å². The zero-order valence-corrected chi connectivity index (χ0v) is 16.9. The monoisotopic (exact) mass is 411 g/mol. The SMILES string of the molecule is COc1cc(F)ccc1[C@@]1(O)c2ccc3[nH]c(C)c(OC)c(=O)c3c2[C@@H]2CC[C@H]1O2. The Morgan fingerprint density at radius 2 is 1.93 bits per heavy atom. The van der Waals surface area contributed by atoms with Gasteiger partial charge in [-0.2, -0.15) is 0 Å². The lowest BCUT2D eigenvalue weighted by atomic mass is 9.77. The highest BCUT2D eigenvalue weighted by Crippen LogP contribution is 2.54. The van der Waals surface area contributed by atoms with E-state index >= 15 is 0 Å². The molecule has 30 heavy (non-hydrogen) atoms. The predicted molar refractivity (Wildman–Crippen MR) is 109 cm³/mol. The number of pyridine rings is 1. The molecule has 3 atom stereocenters. The first-order valence-corrected chi connectivity index (χ1v) is 9.86. The third-order valence-corrected chi connectivity index (χ3v) is 6.34. The smallest absolute Gasteiger partial charge is 0.231 e. The maximum Gasteiger partial charge on any atom is 0.231 e. The standard InChI is InChI=1S/C23H22FNO5/c1-11-22(29-3)21(26)20-15(25-11)7-6-14-19(20)16-8-9-18(30-16)23(14,27)13-5-4-12(24)10-17(13)28-2/h4-7,10,16,18,27H,8-9H2,1-3H3,(H,25,26)/t16-,18+,23+/m0/s1. The van der Waals surface area contributed by atoms with E-state index in [0.717, 1.165) is 0 Å². The van der Waals surface area contributed by atoms with E-state index in [1.54, 1.807) is 13.0 Å². The quantitative estimate of drug-likeness (QED) is 0.690. The van der Waals surface area contributed by atoms with Crippen molar-refractivity contribution in [2.75, 3.05) is 14.2 Å². The fourth-order valence-electron chi connectivity index (χ4n) is 5.05. The molecule has 156 valence electrons. The van der Waals surface area contributed by atoms with E-state index in [1.807, 2.05) is 6.07 Å². The number of nitrogens with one attached hydrogen (secondary N) is 1. The molecular formula is C23H22FNO5. The van der Waals surface area contributed by atoms with Crippen LogP contribution in [0.1, 0.15) is 41.3 Å². The minimum absolute atomic E-state index is 0.230. The van der Waals surface area contributed by atoms with Crippen LogP contribution in [0.15, 0.2) is 35.1 Å². The maximum absolute atomic E-state index is 13.8. The summed E-state index contributed by atoms with van der Waals surface area (Å²) in [6, 6.07) is 7.65. The zero-order chi connectivity index (χ0) is 21.2. The summed E-state index contributed by atoms with van der Waals surface area (Å²) >= 11 is 0. The first-order chi connectivity index (χ1) is 14.4. The Labute approximate surface area is 172 Å². The summed E-state index contributed by atoms with van der Waals surface area (Å²) in [7, 11) is 2.89. The zero-order valence-electron chi connectivity index (χ0n) is 16.9. The number of H-pyrrole nitrogens is 1. The van der Waals surface area contributed by atoms with E-state index in [9.17, 15) is 14.3 Å². The number of aromatic nitrogens is 1. The molecule has 2 N–H and O–H groups in total. The van der Waals surface area contributed by atoms with Crippen LogP contribution in [0.25, 0.3) is 10.9 Å². The fraction of sp³-hybridized carbons (Fsp3) is 0.348. The van der Waals surface area contributed by atoms with Gasteiger partial charge < -0.3 is 24.3 Å². The van der Waals surface area contributed by atoms with Crippen LogP contribution < -0.4 is 14.9 Å². The molecule has 2 aliphatic heterocycles. The average molecular weight is 411 g/mol. The first-order valence-electron chi connectivity index (χ1n) is 9.86. The van der Waals surface area contributed by atoms with Crippen molar-refractivity contribution in [3.8, 4) is 11.5 Å². The van der Waals surface area contributed by atoms with Gasteiger partial charge in [0.25, 0.3) is 0 Å². The van der Waals surface area contributed by atoms with Crippen LogP contribution >= 0.6 is 0 Å². The molecular weight excluding hydrogens is 389 g/mol. The van der Waals surface area contributed by atoms with Crippen molar-refractivity contribution in [2.24, 2.45) is 0 Å². The van der Waals surface area contributed by atoms with Crippen LogP contribution in [0.4, 0.5) is 4.39 Å². The molecule has 2 bridgehead atoms. The molecule has 3 heterocycles. The van der Waals surface area contributed by atoms with Gasteiger partial charge in [-0.15, -0.1) is 0 Å². The van der Waals surface area contributed by atoms with E-state index in [4.69, 9.17) is 14.2 Å². The summed E-state index contributed by atoms with van der Waals surface area (Å²) in [6.07, 6.45) is 0.420. The Hall–Kier alpha value is -2.90. The Bertz CT molecular complexity index is 1240. The molecule has 1 aromatic heterocycles. The lowest BCUT2D eigenvalue weighted by Crippen LogP contribution is -2.44. The van der Waals surface area contributed by atoms with Crippen LogP contribution in [0, 0.1) is 12.7 Å². The third-order valence-electron chi connectivity index (χ3n) is 6.34. The first kappa shape index (κ1) is 19.1. The van der Waals surface area contributed by atoms with Gasteiger partial charge in [0.15, 0.2) is 5.75 Å². The molecule has 3 aromatic rings. The summed E-state index contributed by atoms with van der Waals surface area (Å²) in [5, 5.41) is 12.5. The van der Waals surface area contributed by atoms with Crippen LogP contribution in [-0.2, 0) is 10.3 Å². The molecule has 6 nitrogen and oxygen atoms in total. The van der Waals surface area contributed by atoms with E-state index < -0.39 is 17.5 Å². The van der Waals surface area contributed by atoms with Gasteiger partial charge in [-0.05, 0) is 43.5 Å². The topological polar surface area (TPSA) is 80.8 Å². The van der Waals surface area contributed by atoms with Gasteiger partial charge in [-0.3, -0.25) is 4.79 Å². The fourth-order valence-corrected chi connectivity index (χ4v) is 5.05. The summed E-state index contributed by atoms with van der Waals surface area (Å²) < 4.78 is 30.8. The van der Waals surface area contributed by atoms with Crippen molar-refractivity contribution in [1.29, 1.82) is 0 Å². The minimum atomic E-state index is -1.58. The van der Waals surface area contributed by atoms with Gasteiger partial charge in [-0.1, -0.05) is 6.07 Å². The van der Waals surface area contributed by atoms with Crippen molar-refractivity contribution in [3.63, 3.8) is 0 Å². The number of aryl methyl sites for hydroxylation is 1. The molecule has 0 radical (unpaired) electrons. The summed E-state index contributed by atoms with van der Waals surface area (Å²) in [5.41, 5.74) is 1.09. The minimum Gasteiger partial charge on any atom is -0.496 e. The number of aromatic amines is 1. The number of ether oxygens (including phenoxy) is 3. The molecule has 2 aromatic carbocycles. The van der Waals surface area contributed by atoms with Gasteiger partial charge in [0.1, 0.15) is 17.2 Å². The van der Waals surface area contributed by atoms with Gasteiger partial charge in [0.2, 0.25) is 5.43 Å². The number of benzene rings is 2. The van der Waals surface area contributed by atoms with Gasteiger partial charge >= 0.3 is 0 Å². The number of hydrogen-bond donors (Lipinski definition) is 2. The van der Waals surface area contributed by atoms with Gasteiger partial charge in [0, 0.05) is 17.2 Å². The van der Waals surface area contributed by atoms with E-state index in [0.29, 0.717) is 46.1 Å². The number of hydrogen-bond acceptors (Lipinski definition) is 5. The Kier molecular flexibility index (Phi) is 4.17. The van der Waals surface area contributed by atoms with E-state index in [2.05, 4.69) is 4.98 Å². The second kappa shape index (κ2) is 6.55. The molecule has 2 aliphatic rings. The van der Waals surface area contributed by atoms with Gasteiger partial charge in [-0.25, -0.2) is 4.39 Å². The predicted octanol–water partition coefficient (Wildman–Crippen LogP) is 3.46. The van der Waals surface area contributed by atoms with Crippen LogP contribution in [0.2, 0.25) is 0 Å². The molecule has 7 heteroatoms. The number of aliphatic hydroxyl groups is 1. The van der Waals surface area contributed by atoms with E-state index in [1.165, 1.54) is 32.4 Å². The lowest BCUT2D eigenvalue weighted by molar-refractivity contribution is -0.102.